The minimum atomic E-state index is -0.0372. The minimum Gasteiger partial charge on any atom is -0.478 e. The Morgan fingerprint density at radius 3 is 2.88 bits per heavy atom. The number of methoxy groups -OCH3 is 1. The highest BCUT2D eigenvalue weighted by Gasteiger charge is 2.28. The maximum atomic E-state index is 6.12. The lowest BCUT2D eigenvalue weighted by atomic mass is 10.1. The lowest BCUT2D eigenvalue weighted by Crippen LogP contribution is -2.44. The number of ether oxygens (including phenoxy) is 3. The molecule has 0 saturated carbocycles. The molecular formula is C16H22N4O4. The molecule has 2 aromatic heterocycles. The van der Waals surface area contributed by atoms with Gasteiger partial charge in [0.2, 0.25) is 0 Å². The van der Waals surface area contributed by atoms with Gasteiger partial charge in [-0.1, -0.05) is 5.16 Å². The highest BCUT2D eigenvalue weighted by Crippen LogP contribution is 2.23. The summed E-state index contributed by atoms with van der Waals surface area (Å²) >= 11 is 0. The van der Waals surface area contributed by atoms with Crippen LogP contribution in [-0.4, -0.2) is 47.6 Å². The van der Waals surface area contributed by atoms with Gasteiger partial charge in [0.05, 0.1) is 38.2 Å². The van der Waals surface area contributed by atoms with E-state index in [1.165, 1.54) is 0 Å². The topological polar surface area (TPSA) is 91.5 Å². The normalized spacial score (nSPS) is 20.8. The second-order valence-electron chi connectivity index (χ2n) is 5.68. The summed E-state index contributed by atoms with van der Waals surface area (Å²) < 4.78 is 22.1. The van der Waals surface area contributed by atoms with Gasteiger partial charge in [0.25, 0.3) is 5.88 Å². The number of rotatable bonds is 6. The van der Waals surface area contributed by atoms with Crippen molar-refractivity contribution in [1.82, 2.24) is 15.1 Å². The van der Waals surface area contributed by atoms with Crippen LogP contribution in [0.3, 0.4) is 0 Å². The van der Waals surface area contributed by atoms with Crippen molar-refractivity contribution >= 4 is 5.82 Å². The number of hydrogen-bond donors (Lipinski definition) is 1. The van der Waals surface area contributed by atoms with Crippen LogP contribution in [-0.2, 0) is 16.1 Å². The largest absolute Gasteiger partial charge is 0.478 e. The summed E-state index contributed by atoms with van der Waals surface area (Å²) in [6.45, 7) is 5.47. The van der Waals surface area contributed by atoms with Crippen molar-refractivity contribution in [3.05, 3.63) is 29.4 Å². The summed E-state index contributed by atoms with van der Waals surface area (Å²) in [6, 6.07) is -0.0372. The number of nitrogens with zero attached hydrogens (tertiary/aromatic N) is 3. The van der Waals surface area contributed by atoms with Crippen LogP contribution in [0.15, 0.2) is 16.9 Å². The third kappa shape index (κ3) is 3.65. The van der Waals surface area contributed by atoms with Crippen LogP contribution in [0.5, 0.6) is 5.88 Å². The summed E-state index contributed by atoms with van der Waals surface area (Å²) in [5.41, 5.74) is 1.86. The molecule has 0 spiro atoms. The molecule has 0 unspecified atom stereocenters. The maximum absolute atomic E-state index is 6.12. The molecule has 8 nitrogen and oxygen atoms in total. The Bertz CT molecular complexity index is 656. The first kappa shape index (κ1) is 16.7. The molecule has 0 aromatic carbocycles. The van der Waals surface area contributed by atoms with Crippen molar-refractivity contribution in [2.45, 2.75) is 39.0 Å². The van der Waals surface area contributed by atoms with Gasteiger partial charge in [-0.05, 0) is 20.3 Å². The Hall–Kier alpha value is -2.19. The average Bonchev–Trinajstić information content (AvgIpc) is 2.93. The highest BCUT2D eigenvalue weighted by atomic mass is 16.5. The lowest BCUT2D eigenvalue weighted by Gasteiger charge is -2.32. The number of aromatic nitrogens is 3. The average molecular weight is 334 g/mol. The zero-order chi connectivity index (χ0) is 16.9. The van der Waals surface area contributed by atoms with Crippen LogP contribution in [0.25, 0.3) is 0 Å². The predicted molar refractivity (Wildman–Crippen MR) is 86.0 cm³/mol. The summed E-state index contributed by atoms with van der Waals surface area (Å²) in [6.07, 6.45) is 3.99. The molecule has 0 bridgehead atoms. The number of aryl methyl sites for hydroxylation is 2. The van der Waals surface area contributed by atoms with Crippen molar-refractivity contribution in [2.24, 2.45) is 0 Å². The molecule has 130 valence electrons. The van der Waals surface area contributed by atoms with Crippen LogP contribution < -0.4 is 10.1 Å². The summed E-state index contributed by atoms with van der Waals surface area (Å²) in [4.78, 5) is 8.43. The van der Waals surface area contributed by atoms with E-state index in [1.807, 2.05) is 13.8 Å². The summed E-state index contributed by atoms with van der Waals surface area (Å²) in [5, 5.41) is 7.28. The fraction of sp³-hybridized carbons (Fsp3) is 0.562. The Balaban J connectivity index is 1.67. The van der Waals surface area contributed by atoms with E-state index in [0.717, 1.165) is 23.4 Å². The SMILES string of the molecule is COc1nccnc1N[C@@H]1COCC[C@@H]1OCc1c(C)noc1C. The van der Waals surface area contributed by atoms with Gasteiger partial charge in [-0.25, -0.2) is 9.97 Å². The first-order valence-electron chi connectivity index (χ1n) is 7.91. The van der Waals surface area contributed by atoms with Crippen LogP contribution in [0.2, 0.25) is 0 Å². The first-order chi connectivity index (χ1) is 11.7. The van der Waals surface area contributed by atoms with Crippen molar-refractivity contribution in [2.75, 3.05) is 25.6 Å². The second kappa shape index (κ2) is 7.59. The molecule has 1 aliphatic heterocycles. The zero-order valence-electron chi connectivity index (χ0n) is 14.1. The molecule has 0 aliphatic carbocycles. The molecular weight excluding hydrogens is 312 g/mol. The molecule has 3 rings (SSSR count). The second-order valence-corrected chi connectivity index (χ2v) is 5.68. The Morgan fingerprint density at radius 2 is 2.12 bits per heavy atom. The highest BCUT2D eigenvalue weighted by molar-refractivity contribution is 5.45. The number of anilines is 1. The van der Waals surface area contributed by atoms with Crippen molar-refractivity contribution in [1.29, 1.82) is 0 Å². The van der Waals surface area contributed by atoms with Crippen LogP contribution in [0.1, 0.15) is 23.4 Å². The minimum absolute atomic E-state index is 0.0147. The molecule has 1 saturated heterocycles. The van der Waals surface area contributed by atoms with E-state index in [9.17, 15) is 0 Å². The standard InChI is InChI=1S/C16H22N4O4/c1-10-12(11(2)24-20-10)8-23-14-4-7-22-9-13(14)19-15-16(21-3)18-6-5-17-15/h5-6,13-14H,4,7-9H2,1-3H3,(H,17,19)/t13-,14+/m1/s1. The monoisotopic (exact) mass is 334 g/mol. The van der Waals surface area contributed by atoms with Gasteiger partial charge >= 0.3 is 0 Å². The Morgan fingerprint density at radius 1 is 1.29 bits per heavy atom. The molecule has 1 N–H and O–H groups in total. The van der Waals surface area contributed by atoms with Crippen LogP contribution in [0.4, 0.5) is 5.82 Å². The van der Waals surface area contributed by atoms with Gasteiger partial charge in [0.15, 0.2) is 5.82 Å². The van der Waals surface area contributed by atoms with E-state index in [4.69, 9.17) is 18.7 Å². The molecule has 1 fully saturated rings. The third-order valence-electron chi connectivity index (χ3n) is 4.10. The van der Waals surface area contributed by atoms with Crippen LogP contribution in [0, 0.1) is 13.8 Å². The van der Waals surface area contributed by atoms with E-state index in [-0.39, 0.29) is 12.1 Å². The van der Waals surface area contributed by atoms with Gasteiger partial charge in [0, 0.05) is 24.6 Å². The summed E-state index contributed by atoms with van der Waals surface area (Å²) in [7, 11) is 1.57. The van der Waals surface area contributed by atoms with Crippen LogP contribution >= 0.6 is 0 Å². The summed E-state index contributed by atoms with van der Waals surface area (Å²) in [5.74, 6) is 1.83. The van der Waals surface area contributed by atoms with E-state index >= 15 is 0 Å². The molecule has 0 radical (unpaired) electrons. The first-order valence-corrected chi connectivity index (χ1v) is 7.91. The van der Waals surface area contributed by atoms with Crippen molar-refractivity contribution in [3.8, 4) is 5.88 Å². The molecule has 0 amide bonds. The fourth-order valence-corrected chi connectivity index (χ4v) is 2.70. The molecule has 2 atom stereocenters. The molecule has 1 aliphatic rings. The van der Waals surface area contributed by atoms with Gasteiger partial charge < -0.3 is 24.1 Å². The quantitative estimate of drug-likeness (QED) is 0.856. The van der Waals surface area contributed by atoms with E-state index in [1.54, 1.807) is 19.5 Å². The van der Waals surface area contributed by atoms with E-state index < -0.39 is 0 Å². The lowest BCUT2D eigenvalue weighted by molar-refractivity contribution is -0.0482. The maximum Gasteiger partial charge on any atom is 0.257 e. The van der Waals surface area contributed by atoms with Gasteiger partial charge in [-0.15, -0.1) is 0 Å². The van der Waals surface area contributed by atoms with Crippen molar-refractivity contribution in [3.63, 3.8) is 0 Å². The van der Waals surface area contributed by atoms with Gasteiger partial charge in [-0.2, -0.15) is 0 Å². The smallest absolute Gasteiger partial charge is 0.257 e. The number of nitrogens with one attached hydrogen (secondary N) is 1. The molecule has 2 aromatic rings. The van der Waals surface area contributed by atoms with E-state index in [2.05, 4.69) is 20.4 Å². The molecule has 24 heavy (non-hydrogen) atoms. The van der Waals surface area contributed by atoms with Gasteiger partial charge in [0.1, 0.15) is 5.76 Å². The molecule has 8 heteroatoms. The Kier molecular flexibility index (Phi) is 5.27. The number of hydrogen-bond acceptors (Lipinski definition) is 8. The van der Waals surface area contributed by atoms with Gasteiger partial charge in [-0.3, -0.25) is 0 Å². The molecule has 3 heterocycles. The fourth-order valence-electron chi connectivity index (χ4n) is 2.70. The zero-order valence-corrected chi connectivity index (χ0v) is 14.1. The predicted octanol–water partition coefficient (Wildman–Crippen LogP) is 1.88. The van der Waals surface area contributed by atoms with E-state index in [0.29, 0.717) is 31.5 Å². The Labute approximate surface area is 140 Å². The third-order valence-corrected chi connectivity index (χ3v) is 4.10. The van der Waals surface area contributed by atoms with Crippen molar-refractivity contribution < 1.29 is 18.7 Å².